The van der Waals surface area contributed by atoms with Crippen LogP contribution in [0.4, 0.5) is 0 Å². The second-order valence-electron chi connectivity index (χ2n) is 5.42. The predicted octanol–water partition coefficient (Wildman–Crippen LogP) is 1.90. The fraction of sp³-hybridized carbons (Fsp3) is 0.333. The van der Waals surface area contributed by atoms with Gasteiger partial charge in [0.05, 0.1) is 16.0 Å². The highest BCUT2D eigenvalue weighted by atomic mass is 32.2. The van der Waals surface area contributed by atoms with Crippen LogP contribution in [-0.4, -0.2) is 36.6 Å². The molecule has 1 aromatic carbocycles. The van der Waals surface area contributed by atoms with Crippen LogP contribution < -0.4 is 0 Å². The largest absolute Gasteiger partial charge is 0.311 e. The van der Waals surface area contributed by atoms with Gasteiger partial charge in [0.15, 0.2) is 5.12 Å². The molecule has 1 amide bonds. The summed E-state index contributed by atoms with van der Waals surface area (Å²) in [5.74, 6) is 0.560. The van der Waals surface area contributed by atoms with E-state index in [1.165, 1.54) is 29.0 Å². The molecule has 2 heterocycles. The Kier molecular flexibility index (Phi) is 3.86. The summed E-state index contributed by atoms with van der Waals surface area (Å²) in [6, 6.07) is 6.71. The Bertz CT molecular complexity index is 782. The topological polar surface area (TPSA) is 71.5 Å². The molecule has 2 aliphatic rings. The van der Waals surface area contributed by atoms with E-state index in [4.69, 9.17) is 0 Å². The lowest BCUT2D eigenvalue weighted by Crippen LogP contribution is -2.23. The van der Waals surface area contributed by atoms with E-state index in [9.17, 15) is 18.0 Å². The summed E-state index contributed by atoms with van der Waals surface area (Å²) in [6.07, 6.45) is 0.347. The number of benzene rings is 1. The van der Waals surface area contributed by atoms with Crippen molar-refractivity contribution >= 4 is 38.3 Å². The summed E-state index contributed by atoms with van der Waals surface area (Å²) in [6.45, 7) is 1.95. The van der Waals surface area contributed by atoms with Crippen LogP contribution in [0.15, 0.2) is 34.6 Å². The Morgan fingerprint density at radius 2 is 2.09 bits per heavy atom. The second-order valence-corrected chi connectivity index (χ2v) is 8.38. The van der Waals surface area contributed by atoms with Gasteiger partial charge in [0, 0.05) is 31.2 Å². The molecule has 3 rings (SSSR count). The van der Waals surface area contributed by atoms with Crippen LogP contribution >= 0.6 is 11.8 Å². The quantitative estimate of drug-likeness (QED) is 0.842. The van der Waals surface area contributed by atoms with Gasteiger partial charge in [0.25, 0.3) is 0 Å². The first-order valence-corrected chi connectivity index (χ1v) is 9.41. The van der Waals surface area contributed by atoms with Crippen LogP contribution in [0.1, 0.15) is 18.9 Å². The standard InChI is InChI=1S/C15H15NO4S2/c1-10(17)21-8-11-6-15(18)16(7-11)13-9-22(19,20)14-5-3-2-4-12(13)14/h2-5,9,11H,6-8H2,1H3. The van der Waals surface area contributed by atoms with Crippen LogP contribution in [0.5, 0.6) is 0 Å². The molecule has 1 fully saturated rings. The van der Waals surface area contributed by atoms with Crippen molar-refractivity contribution in [3.05, 3.63) is 35.2 Å². The minimum absolute atomic E-state index is 0.0268. The number of likely N-dealkylation sites (tertiary alicyclic amines) is 1. The highest BCUT2D eigenvalue weighted by Crippen LogP contribution is 2.38. The molecule has 1 unspecified atom stereocenters. The summed E-state index contributed by atoms with van der Waals surface area (Å²) < 4.78 is 24.3. The molecule has 1 atom stereocenters. The number of fused-ring (bicyclic) bond motifs is 1. The van der Waals surface area contributed by atoms with Crippen LogP contribution in [0.25, 0.3) is 5.70 Å². The molecule has 0 bridgehead atoms. The van der Waals surface area contributed by atoms with Crippen LogP contribution in [0, 0.1) is 5.92 Å². The first-order valence-electron chi connectivity index (χ1n) is 6.88. The van der Waals surface area contributed by atoms with E-state index in [-0.39, 0.29) is 21.8 Å². The number of rotatable bonds is 3. The number of sulfone groups is 1. The molecule has 1 saturated heterocycles. The molecule has 0 saturated carbocycles. The first kappa shape index (κ1) is 15.3. The molecular weight excluding hydrogens is 322 g/mol. The normalized spacial score (nSPS) is 22.6. The minimum atomic E-state index is -3.47. The highest BCUT2D eigenvalue weighted by molar-refractivity contribution is 8.13. The van der Waals surface area contributed by atoms with Gasteiger partial charge in [-0.25, -0.2) is 8.42 Å². The third-order valence-electron chi connectivity index (χ3n) is 3.75. The molecule has 0 radical (unpaired) electrons. The van der Waals surface area contributed by atoms with Gasteiger partial charge in [0.1, 0.15) is 0 Å². The molecule has 7 heteroatoms. The minimum Gasteiger partial charge on any atom is -0.311 e. The number of carbonyl (C=O) groups excluding carboxylic acids is 2. The fourth-order valence-corrected chi connectivity index (χ4v) is 4.89. The van der Waals surface area contributed by atoms with Crippen LogP contribution in [0.2, 0.25) is 0 Å². The smallest absolute Gasteiger partial charge is 0.227 e. The molecule has 2 aliphatic heterocycles. The number of hydrogen-bond donors (Lipinski definition) is 0. The van der Waals surface area contributed by atoms with Crippen molar-refractivity contribution in [2.24, 2.45) is 5.92 Å². The van der Waals surface area contributed by atoms with Crippen molar-refractivity contribution in [2.45, 2.75) is 18.2 Å². The molecule has 116 valence electrons. The Morgan fingerprint density at radius 3 is 2.82 bits per heavy atom. The first-order chi connectivity index (χ1) is 10.4. The SMILES string of the molecule is CC(=O)SCC1CC(=O)N(C2=CS(=O)(=O)c3ccccc32)C1. The molecule has 0 spiro atoms. The van der Waals surface area contributed by atoms with Gasteiger partial charge < -0.3 is 4.90 Å². The van der Waals surface area contributed by atoms with Gasteiger partial charge in [0.2, 0.25) is 15.7 Å². The summed E-state index contributed by atoms with van der Waals surface area (Å²) >= 11 is 1.21. The fourth-order valence-electron chi connectivity index (χ4n) is 2.77. The van der Waals surface area contributed by atoms with E-state index < -0.39 is 9.84 Å². The summed E-state index contributed by atoms with van der Waals surface area (Å²) in [7, 11) is -3.47. The lowest BCUT2D eigenvalue weighted by molar-refractivity contribution is -0.125. The Labute approximate surface area is 133 Å². The molecule has 5 nitrogen and oxygen atoms in total. The number of hydrogen-bond acceptors (Lipinski definition) is 5. The maximum Gasteiger partial charge on any atom is 0.227 e. The molecule has 0 aliphatic carbocycles. The maximum atomic E-state index is 12.2. The zero-order valence-electron chi connectivity index (χ0n) is 12.0. The molecule has 22 heavy (non-hydrogen) atoms. The number of thioether (sulfide) groups is 1. The lowest BCUT2D eigenvalue weighted by atomic mass is 10.1. The van der Waals surface area contributed by atoms with Gasteiger partial charge in [-0.1, -0.05) is 30.0 Å². The van der Waals surface area contributed by atoms with Crippen LogP contribution in [-0.2, 0) is 19.4 Å². The summed E-state index contributed by atoms with van der Waals surface area (Å²) in [4.78, 5) is 25.1. The summed E-state index contributed by atoms with van der Waals surface area (Å²) in [5, 5.41) is 1.20. The van der Waals surface area contributed by atoms with E-state index >= 15 is 0 Å². The predicted molar refractivity (Wildman–Crippen MR) is 84.6 cm³/mol. The summed E-state index contributed by atoms with van der Waals surface area (Å²) in [5.41, 5.74) is 1.03. The molecular formula is C15H15NO4S2. The molecule has 0 aromatic heterocycles. The van der Waals surface area contributed by atoms with Crippen molar-refractivity contribution in [2.75, 3.05) is 12.3 Å². The van der Waals surface area contributed by atoms with Gasteiger partial charge in [-0.15, -0.1) is 0 Å². The van der Waals surface area contributed by atoms with E-state index in [2.05, 4.69) is 0 Å². The van der Waals surface area contributed by atoms with E-state index in [1.807, 2.05) is 0 Å². The molecule has 0 N–H and O–H groups in total. The Balaban J connectivity index is 1.87. The van der Waals surface area contributed by atoms with E-state index in [0.29, 0.717) is 30.0 Å². The van der Waals surface area contributed by atoms with Crippen molar-refractivity contribution < 1.29 is 18.0 Å². The van der Waals surface area contributed by atoms with Gasteiger partial charge >= 0.3 is 0 Å². The van der Waals surface area contributed by atoms with Gasteiger partial charge in [-0.05, 0) is 12.0 Å². The average Bonchev–Trinajstić information content (AvgIpc) is 2.95. The van der Waals surface area contributed by atoms with E-state index in [0.717, 1.165) is 0 Å². The monoisotopic (exact) mass is 337 g/mol. The molecule has 1 aromatic rings. The van der Waals surface area contributed by atoms with Crippen LogP contribution in [0.3, 0.4) is 0 Å². The maximum absolute atomic E-state index is 12.2. The number of nitrogens with zero attached hydrogens (tertiary/aromatic N) is 1. The number of carbonyl (C=O) groups is 2. The Morgan fingerprint density at radius 1 is 1.36 bits per heavy atom. The van der Waals surface area contributed by atoms with Crippen molar-refractivity contribution in [1.29, 1.82) is 0 Å². The van der Waals surface area contributed by atoms with Crippen molar-refractivity contribution in [3.63, 3.8) is 0 Å². The number of amides is 1. The Hall–Kier alpha value is -1.60. The highest BCUT2D eigenvalue weighted by Gasteiger charge is 2.37. The van der Waals surface area contributed by atoms with Crippen molar-refractivity contribution in [3.8, 4) is 0 Å². The lowest BCUT2D eigenvalue weighted by Gasteiger charge is -2.18. The zero-order chi connectivity index (χ0) is 15.9. The zero-order valence-corrected chi connectivity index (χ0v) is 13.6. The second kappa shape index (κ2) is 5.55. The van der Waals surface area contributed by atoms with Gasteiger partial charge in [-0.3, -0.25) is 9.59 Å². The van der Waals surface area contributed by atoms with Crippen molar-refractivity contribution in [1.82, 2.24) is 4.90 Å². The van der Waals surface area contributed by atoms with Gasteiger partial charge in [-0.2, -0.15) is 0 Å². The third kappa shape index (κ3) is 2.70. The third-order valence-corrected chi connectivity index (χ3v) is 6.30. The van der Waals surface area contributed by atoms with E-state index in [1.54, 1.807) is 24.3 Å². The average molecular weight is 337 g/mol.